The van der Waals surface area contributed by atoms with Crippen molar-refractivity contribution in [2.24, 2.45) is 0 Å². The van der Waals surface area contributed by atoms with Crippen molar-refractivity contribution in [3.8, 4) is 0 Å². The SMILES string of the molecule is CCCCC/C=C/C/C=C/C/C=C/CCCCC(=O)OC[C@H](COP(=O)(O)OC[C@@H](O)CO)OC(=O)CCCCCCCCC/C=C/CCCCCC. The molecule has 3 N–H and O–H groups in total. The Morgan fingerprint density at radius 1 is 0.566 bits per heavy atom. The van der Waals surface area contributed by atoms with Crippen molar-refractivity contribution in [1.82, 2.24) is 0 Å². The van der Waals surface area contributed by atoms with E-state index in [1.165, 1.54) is 70.6 Å². The van der Waals surface area contributed by atoms with E-state index in [1.54, 1.807) is 0 Å². The van der Waals surface area contributed by atoms with E-state index in [-0.39, 0.29) is 19.4 Å². The largest absolute Gasteiger partial charge is 0.472 e. The van der Waals surface area contributed by atoms with Crippen LogP contribution >= 0.6 is 7.82 Å². The number of rotatable bonds is 38. The fraction of sp³-hybridized carbons (Fsp3) is 0.762. The Balaban J connectivity index is 4.41. The predicted octanol–water partition coefficient (Wildman–Crippen LogP) is 10.6. The molecule has 11 heteroatoms. The van der Waals surface area contributed by atoms with Crippen LogP contribution in [0.4, 0.5) is 0 Å². The van der Waals surface area contributed by atoms with Crippen LogP contribution in [-0.4, -0.2) is 65.7 Å². The Labute approximate surface area is 322 Å². The van der Waals surface area contributed by atoms with Gasteiger partial charge < -0.3 is 24.6 Å². The number of aliphatic hydroxyl groups is 2. The van der Waals surface area contributed by atoms with Crippen LogP contribution < -0.4 is 0 Å². The first-order chi connectivity index (χ1) is 25.7. The van der Waals surface area contributed by atoms with Gasteiger partial charge in [-0.2, -0.15) is 0 Å². The number of ether oxygens (including phenoxy) is 2. The van der Waals surface area contributed by atoms with E-state index >= 15 is 0 Å². The Bertz CT molecular complexity index is 1030. The maximum atomic E-state index is 12.6. The number of aliphatic hydroxyl groups excluding tert-OH is 2. The van der Waals surface area contributed by atoms with Gasteiger partial charge in [0.25, 0.3) is 0 Å². The smallest absolute Gasteiger partial charge is 0.462 e. The maximum Gasteiger partial charge on any atom is 0.472 e. The van der Waals surface area contributed by atoms with Gasteiger partial charge in [-0.25, -0.2) is 4.57 Å². The number of phosphoric acid groups is 1. The highest BCUT2D eigenvalue weighted by molar-refractivity contribution is 7.47. The van der Waals surface area contributed by atoms with Gasteiger partial charge in [0.2, 0.25) is 0 Å². The first-order valence-corrected chi connectivity index (χ1v) is 22.1. The Kier molecular flexibility index (Phi) is 36.7. The van der Waals surface area contributed by atoms with Crippen molar-refractivity contribution in [3.63, 3.8) is 0 Å². The molecule has 0 aliphatic carbocycles. The highest BCUT2D eigenvalue weighted by Gasteiger charge is 2.27. The van der Waals surface area contributed by atoms with Gasteiger partial charge in [-0.1, -0.05) is 127 Å². The average molecular weight is 771 g/mol. The van der Waals surface area contributed by atoms with Crippen molar-refractivity contribution in [2.75, 3.05) is 26.4 Å². The summed E-state index contributed by atoms with van der Waals surface area (Å²) in [4.78, 5) is 34.9. The molecule has 0 rings (SSSR count). The summed E-state index contributed by atoms with van der Waals surface area (Å²) in [7, 11) is -4.62. The molecule has 308 valence electrons. The zero-order chi connectivity index (χ0) is 39.1. The van der Waals surface area contributed by atoms with Crippen LogP contribution in [0, 0.1) is 0 Å². The van der Waals surface area contributed by atoms with E-state index in [2.05, 4.69) is 67.0 Å². The van der Waals surface area contributed by atoms with Gasteiger partial charge in [0.1, 0.15) is 12.7 Å². The van der Waals surface area contributed by atoms with Crippen molar-refractivity contribution < 1.29 is 47.8 Å². The van der Waals surface area contributed by atoms with Gasteiger partial charge in [-0.05, 0) is 77.0 Å². The highest BCUT2D eigenvalue weighted by Crippen LogP contribution is 2.43. The lowest BCUT2D eigenvalue weighted by Crippen LogP contribution is -2.29. The van der Waals surface area contributed by atoms with E-state index in [0.29, 0.717) is 12.8 Å². The molecule has 1 unspecified atom stereocenters. The molecule has 0 saturated heterocycles. The normalized spacial score (nSPS) is 14.4. The van der Waals surface area contributed by atoms with Gasteiger partial charge in [-0.3, -0.25) is 18.6 Å². The van der Waals surface area contributed by atoms with Crippen molar-refractivity contribution in [2.45, 2.75) is 180 Å². The molecule has 0 saturated carbocycles. The van der Waals surface area contributed by atoms with E-state index in [4.69, 9.17) is 19.1 Å². The van der Waals surface area contributed by atoms with Gasteiger partial charge in [0.05, 0.1) is 19.8 Å². The summed E-state index contributed by atoms with van der Waals surface area (Å²) >= 11 is 0. The molecular weight excluding hydrogens is 695 g/mol. The molecule has 0 fully saturated rings. The summed E-state index contributed by atoms with van der Waals surface area (Å²) in [5.41, 5.74) is 0. The highest BCUT2D eigenvalue weighted by atomic mass is 31.2. The Hall–Kier alpha value is -2.07. The van der Waals surface area contributed by atoms with Gasteiger partial charge in [-0.15, -0.1) is 0 Å². The molecule has 10 nitrogen and oxygen atoms in total. The Morgan fingerprint density at radius 2 is 0.981 bits per heavy atom. The number of allylic oxidation sites excluding steroid dienone is 8. The van der Waals surface area contributed by atoms with Crippen molar-refractivity contribution in [1.29, 1.82) is 0 Å². The summed E-state index contributed by atoms with van der Waals surface area (Å²) in [6.07, 6.45) is 39.3. The predicted molar refractivity (Wildman–Crippen MR) is 214 cm³/mol. The summed E-state index contributed by atoms with van der Waals surface area (Å²) < 4.78 is 32.6. The number of phosphoric ester groups is 1. The lowest BCUT2D eigenvalue weighted by Gasteiger charge is -2.20. The van der Waals surface area contributed by atoms with Crippen LogP contribution in [0.2, 0.25) is 0 Å². The molecule has 0 heterocycles. The lowest BCUT2D eigenvalue weighted by molar-refractivity contribution is -0.161. The fourth-order valence-electron chi connectivity index (χ4n) is 5.23. The molecule has 0 aromatic rings. The molecule has 0 spiro atoms. The van der Waals surface area contributed by atoms with Crippen molar-refractivity contribution in [3.05, 3.63) is 48.6 Å². The molecule has 0 bridgehead atoms. The number of hydrogen-bond acceptors (Lipinski definition) is 9. The number of esters is 2. The van der Waals surface area contributed by atoms with E-state index in [9.17, 15) is 24.2 Å². The molecular formula is C42H75O10P. The summed E-state index contributed by atoms with van der Waals surface area (Å²) in [5.74, 6) is -0.977. The molecule has 0 aliphatic rings. The quantitative estimate of drug-likeness (QED) is 0.0240. The van der Waals surface area contributed by atoms with Gasteiger partial charge >= 0.3 is 19.8 Å². The standard InChI is InChI=1S/C42H75O10P/c1-3-5-7-9-11-13-15-17-19-21-23-25-27-29-31-33-41(45)49-37-40(38-51-53(47,48)50-36-39(44)35-43)52-42(46)34-32-30-28-26-24-22-20-18-16-14-12-10-8-6-4-2/h11,13-14,16-17,19,23,25,39-40,43-44H,3-10,12,15,18,20-22,24,26-38H2,1-2H3,(H,47,48)/b13-11+,16-14+,19-17+,25-23+/t39-,40+/m0/s1. The topological polar surface area (TPSA) is 149 Å². The molecule has 0 aromatic carbocycles. The molecule has 53 heavy (non-hydrogen) atoms. The minimum absolute atomic E-state index is 0.170. The van der Waals surface area contributed by atoms with E-state index in [0.717, 1.165) is 57.8 Å². The summed E-state index contributed by atoms with van der Waals surface area (Å²) in [5, 5.41) is 18.3. The summed E-state index contributed by atoms with van der Waals surface area (Å²) in [6, 6.07) is 0. The molecule has 0 radical (unpaired) electrons. The third kappa shape index (κ3) is 38.0. The van der Waals surface area contributed by atoms with Gasteiger partial charge in [0, 0.05) is 12.8 Å². The van der Waals surface area contributed by atoms with E-state index in [1.807, 2.05) is 0 Å². The zero-order valence-electron chi connectivity index (χ0n) is 33.2. The lowest BCUT2D eigenvalue weighted by atomic mass is 10.1. The number of unbranched alkanes of at least 4 members (excludes halogenated alkanes) is 16. The molecule has 0 amide bonds. The Morgan fingerprint density at radius 3 is 1.57 bits per heavy atom. The summed E-state index contributed by atoms with van der Waals surface area (Å²) in [6.45, 7) is 2.28. The van der Waals surface area contributed by atoms with Crippen LogP contribution in [0.3, 0.4) is 0 Å². The number of carbonyl (C=O) groups is 2. The van der Waals surface area contributed by atoms with E-state index < -0.39 is 51.8 Å². The van der Waals surface area contributed by atoms with Crippen LogP contribution in [0.15, 0.2) is 48.6 Å². The van der Waals surface area contributed by atoms with Crippen LogP contribution in [0.5, 0.6) is 0 Å². The third-order valence-electron chi connectivity index (χ3n) is 8.46. The van der Waals surface area contributed by atoms with Crippen LogP contribution in [0.1, 0.15) is 168 Å². The first kappa shape index (κ1) is 50.9. The van der Waals surface area contributed by atoms with Crippen LogP contribution in [-0.2, 0) is 32.7 Å². The second-order valence-corrected chi connectivity index (χ2v) is 15.1. The second kappa shape index (κ2) is 38.2. The number of carbonyl (C=O) groups excluding carboxylic acids is 2. The number of hydrogen-bond donors (Lipinski definition) is 3. The second-order valence-electron chi connectivity index (χ2n) is 13.7. The zero-order valence-corrected chi connectivity index (χ0v) is 34.1. The average Bonchev–Trinajstić information content (AvgIpc) is 3.14. The first-order valence-electron chi connectivity index (χ1n) is 20.6. The van der Waals surface area contributed by atoms with Crippen LogP contribution in [0.25, 0.3) is 0 Å². The molecule has 0 aromatic heterocycles. The van der Waals surface area contributed by atoms with Gasteiger partial charge in [0.15, 0.2) is 6.10 Å². The molecule has 0 aliphatic heterocycles. The minimum Gasteiger partial charge on any atom is -0.462 e. The third-order valence-corrected chi connectivity index (χ3v) is 9.41. The molecule has 3 atom stereocenters. The minimum atomic E-state index is -4.62. The monoisotopic (exact) mass is 771 g/mol. The fourth-order valence-corrected chi connectivity index (χ4v) is 6.02. The van der Waals surface area contributed by atoms with Crippen molar-refractivity contribution >= 4 is 19.8 Å². The maximum absolute atomic E-state index is 12.6.